The highest BCUT2D eigenvalue weighted by atomic mass is 127. The number of sulfone groups is 1. The fourth-order valence-electron chi connectivity index (χ4n) is 2.69. The number of hydrogen-bond donors (Lipinski definition) is 1. The normalized spacial score (nSPS) is 20.5. The van der Waals surface area contributed by atoms with Gasteiger partial charge in [0.05, 0.1) is 18.3 Å². The molecular formula is C15H29IN4O4S. The van der Waals surface area contributed by atoms with Gasteiger partial charge in [-0.2, -0.15) is 0 Å². The summed E-state index contributed by atoms with van der Waals surface area (Å²) in [5, 5.41) is 3.12. The molecule has 0 saturated carbocycles. The van der Waals surface area contributed by atoms with Gasteiger partial charge in [0.1, 0.15) is 5.60 Å². The summed E-state index contributed by atoms with van der Waals surface area (Å²) in [7, 11) is -2.98. The summed E-state index contributed by atoms with van der Waals surface area (Å²) in [4.78, 5) is 20.4. The highest BCUT2D eigenvalue weighted by Crippen LogP contribution is 2.18. The highest BCUT2D eigenvalue weighted by Gasteiger charge is 2.36. The van der Waals surface area contributed by atoms with E-state index in [1.165, 1.54) is 0 Å². The minimum Gasteiger partial charge on any atom is -0.444 e. The molecule has 2 heterocycles. The summed E-state index contributed by atoms with van der Waals surface area (Å²) in [6, 6.07) is 0.122. The zero-order valence-electron chi connectivity index (χ0n) is 15.3. The molecule has 25 heavy (non-hydrogen) atoms. The third-order valence-electron chi connectivity index (χ3n) is 3.99. The molecule has 0 spiro atoms. The molecule has 0 radical (unpaired) electrons. The monoisotopic (exact) mass is 488 g/mol. The van der Waals surface area contributed by atoms with E-state index in [1.807, 2.05) is 20.8 Å². The molecule has 1 saturated heterocycles. The first-order valence-electron chi connectivity index (χ1n) is 8.34. The number of halogens is 1. The number of piperazine rings is 1. The van der Waals surface area contributed by atoms with Gasteiger partial charge in [0.2, 0.25) is 0 Å². The van der Waals surface area contributed by atoms with Crippen molar-refractivity contribution in [1.82, 2.24) is 15.1 Å². The topological polar surface area (TPSA) is 91.3 Å². The van der Waals surface area contributed by atoms with Gasteiger partial charge >= 0.3 is 6.09 Å². The summed E-state index contributed by atoms with van der Waals surface area (Å²) in [5.41, 5.74) is -0.502. The van der Waals surface area contributed by atoms with Crippen molar-refractivity contribution in [1.29, 1.82) is 0 Å². The predicted molar refractivity (Wildman–Crippen MR) is 108 cm³/mol. The number of carbonyl (C=O) groups is 1. The van der Waals surface area contributed by atoms with Gasteiger partial charge in [-0.25, -0.2) is 13.2 Å². The van der Waals surface area contributed by atoms with Gasteiger partial charge in [-0.3, -0.25) is 4.99 Å². The van der Waals surface area contributed by atoms with E-state index in [1.54, 1.807) is 11.8 Å². The highest BCUT2D eigenvalue weighted by molar-refractivity contribution is 14.0. The van der Waals surface area contributed by atoms with E-state index in [2.05, 4.69) is 15.2 Å². The third-order valence-corrected chi connectivity index (χ3v) is 5.70. The Labute approximate surface area is 167 Å². The first-order chi connectivity index (χ1) is 11.1. The Morgan fingerprint density at radius 1 is 1.36 bits per heavy atom. The lowest BCUT2D eigenvalue weighted by atomic mass is 10.2. The maximum Gasteiger partial charge on any atom is 0.410 e. The third kappa shape index (κ3) is 6.46. The van der Waals surface area contributed by atoms with Crippen LogP contribution < -0.4 is 5.32 Å². The fraction of sp³-hybridized carbons (Fsp3) is 0.867. The van der Waals surface area contributed by atoms with Crippen molar-refractivity contribution < 1.29 is 17.9 Å². The van der Waals surface area contributed by atoms with E-state index < -0.39 is 15.4 Å². The quantitative estimate of drug-likeness (QED) is 0.592. The Bertz CT molecular complexity index is 603. The van der Waals surface area contributed by atoms with Crippen LogP contribution in [0.3, 0.4) is 0 Å². The van der Waals surface area contributed by atoms with Crippen LogP contribution in [-0.4, -0.2) is 86.1 Å². The number of hydrogen-bond acceptors (Lipinski definition) is 7. The molecule has 0 aromatic carbocycles. The molecule has 2 rings (SSSR count). The molecule has 0 aliphatic carbocycles. The number of ether oxygens (including phenoxy) is 1. The number of amides is 1. The molecule has 2 aliphatic heterocycles. The Balaban J connectivity index is 0.00000312. The lowest BCUT2D eigenvalue weighted by Crippen LogP contribution is -2.57. The van der Waals surface area contributed by atoms with Crippen molar-refractivity contribution in [3.63, 3.8) is 0 Å². The predicted octanol–water partition coefficient (Wildman–Crippen LogP) is 0.920. The second-order valence-corrected chi connectivity index (χ2v) is 9.57. The SMILES string of the molecule is CCS(=O)(=O)CCNC1=NCC2CN(C(=O)OC(C)(C)C)CCN12.I. The first kappa shape index (κ1) is 22.3. The molecule has 0 aromatic rings. The van der Waals surface area contributed by atoms with Gasteiger partial charge in [-0.05, 0) is 20.8 Å². The number of nitrogens with zero attached hydrogens (tertiary/aromatic N) is 3. The average molecular weight is 488 g/mol. The van der Waals surface area contributed by atoms with Gasteiger partial charge < -0.3 is 19.9 Å². The van der Waals surface area contributed by atoms with E-state index in [-0.39, 0.29) is 47.6 Å². The summed E-state index contributed by atoms with van der Waals surface area (Å²) in [6.45, 7) is 9.96. The second-order valence-electron chi connectivity index (χ2n) is 7.10. The Morgan fingerprint density at radius 3 is 2.64 bits per heavy atom. The summed E-state index contributed by atoms with van der Waals surface area (Å²) in [5.74, 6) is 0.985. The van der Waals surface area contributed by atoms with Crippen molar-refractivity contribution in [2.75, 3.05) is 44.2 Å². The van der Waals surface area contributed by atoms with E-state index in [4.69, 9.17) is 4.74 Å². The van der Waals surface area contributed by atoms with Crippen LogP contribution >= 0.6 is 24.0 Å². The zero-order valence-corrected chi connectivity index (χ0v) is 18.5. The van der Waals surface area contributed by atoms with E-state index in [9.17, 15) is 13.2 Å². The fourth-order valence-corrected chi connectivity index (χ4v) is 3.39. The number of rotatable bonds is 4. The number of nitrogens with one attached hydrogen (secondary N) is 1. The molecule has 146 valence electrons. The Morgan fingerprint density at radius 2 is 2.04 bits per heavy atom. The number of fused-ring (bicyclic) bond motifs is 1. The largest absolute Gasteiger partial charge is 0.444 e. The van der Waals surface area contributed by atoms with Gasteiger partial charge in [0.25, 0.3) is 0 Å². The minimum atomic E-state index is -2.98. The number of carbonyl (C=O) groups excluding carboxylic acids is 1. The van der Waals surface area contributed by atoms with E-state index in [0.717, 1.165) is 5.96 Å². The van der Waals surface area contributed by atoms with Gasteiger partial charge in [-0.1, -0.05) is 6.92 Å². The van der Waals surface area contributed by atoms with Crippen molar-refractivity contribution in [3.05, 3.63) is 0 Å². The van der Waals surface area contributed by atoms with Crippen molar-refractivity contribution in [3.8, 4) is 0 Å². The molecule has 1 amide bonds. The molecule has 2 aliphatic rings. The second kappa shape index (κ2) is 8.74. The van der Waals surface area contributed by atoms with Crippen LogP contribution in [0.15, 0.2) is 4.99 Å². The lowest BCUT2D eigenvalue weighted by molar-refractivity contribution is 0.0137. The average Bonchev–Trinajstić information content (AvgIpc) is 2.88. The maximum absolute atomic E-state index is 12.2. The van der Waals surface area contributed by atoms with Crippen LogP contribution in [0.5, 0.6) is 0 Å². The molecule has 1 fully saturated rings. The Kier molecular flexibility index (Phi) is 7.78. The lowest BCUT2D eigenvalue weighted by Gasteiger charge is -2.39. The van der Waals surface area contributed by atoms with Crippen LogP contribution in [0.4, 0.5) is 4.79 Å². The molecule has 1 unspecified atom stereocenters. The van der Waals surface area contributed by atoms with Crippen LogP contribution in [-0.2, 0) is 14.6 Å². The van der Waals surface area contributed by atoms with Gasteiger partial charge in [0, 0.05) is 31.9 Å². The number of aliphatic imine (C=N–C) groups is 1. The van der Waals surface area contributed by atoms with Crippen molar-refractivity contribution >= 4 is 45.9 Å². The first-order valence-corrected chi connectivity index (χ1v) is 10.2. The zero-order chi connectivity index (χ0) is 18.0. The smallest absolute Gasteiger partial charge is 0.410 e. The maximum atomic E-state index is 12.2. The molecule has 10 heteroatoms. The minimum absolute atomic E-state index is 0. The summed E-state index contributed by atoms with van der Waals surface area (Å²) >= 11 is 0. The van der Waals surface area contributed by atoms with Gasteiger partial charge in [0.15, 0.2) is 15.8 Å². The molecule has 0 bridgehead atoms. The van der Waals surface area contributed by atoms with Crippen LogP contribution in [0.2, 0.25) is 0 Å². The Hall–Kier alpha value is -0.780. The van der Waals surface area contributed by atoms with E-state index in [0.29, 0.717) is 32.7 Å². The standard InChI is InChI=1S/C15H28N4O4S.HI/c1-5-24(21,22)9-6-16-13-17-10-12-11-18(7-8-19(12)13)14(20)23-15(2,3)4;/h12H,5-11H2,1-4H3,(H,16,17);1H. The van der Waals surface area contributed by atoms with Crippen LogP contribution in [0.1, 0.15) is 27.7 Å². The molecule has 1 N–H and O–H groups in total. The van der Waals surface area contributed by atoms with E-state index >= 15 is 0 Å². The van der Waals surface area contributed by atoms with Crippen molar-refractivity contribution in [2.45, 2.75) is 39.3 Å². The summed E-state index contributed by atoms with van der Waals surface area (Å²) in [6.07, 6.45) is -0.294. The van der Waals surface area contributed by atoms with Crippen LogP contribution in [0.25, 0.3) is 0 Å². The number of guanidine groups is 1. The molecule has 1 atom stereocenters. The molecule has 8 nitrogen and oxygen atoms in total. The van der Waals surface area contributed by atoms with Gasteiger partial charge in [-0.15, -0.1) is 24.0 Å². The summed E-state index contributed by atoms with van der Waals surface area (Å²) < 4.78 is 28.5. The molecular weight excluding hydrogens is 459 g/mol. The molecule has 0 aromatic heterocycles. The van der Waals surface area contributed by atoms with Crippen molar-refractivity contribution in [2.24, 2.45) is 4.99 Å². The van der Waals surface area contributed by atoms with Crippen LogP contribution in [0, 0.1) is 0 Å².